The van der Waals surface area contributed by atoms with E-state index in [2.05, 4.69) is 21.2 Å². The summed E-state index contributed by atoms with van der Waals surface area (Å²) in [6, 6.07) is 5.97. The van der Waals surface area contributed by atoms with Crippen LogP contribution in [0, 0.1) is 13.8 Å². The lowest BCUT2D eigenvalue weighted by molar-refractivity contribution is 0.0952. The van der Waals surface area contributed by atoms with Gasteiger partial charge in [0.05, 0.1) is 0 Å². The smallest absolute Gasteiger partial charge is 0.251 e. The minimum absolute atomic E-state index is 0.0463. The molecule has 1 amide bonds. The topological polar surface area (TPSA) is 29.1 Å². The average Bonchev–Trinajstić information content (AvgIpc) is 2.32. The zero-order valence-electron chi connectivity index (χ0n) is 10.6. The van der Waals surface area contributed by atoms with E-state index in [4.69, 9.17) is 0 Å². The fourth-order valence-electron chi connectivity index (χ4n) is 1.67. The van der Waals surface area contributed by atoms with Crippen LogP contribution in [0.4, 0.5) is 0 Å². The Bertz CT molecular complexity index is 376. The molecule has 0 spiro atoms. The third-order valence-corrected chi connectivity index (χ3v) is 3.29. The number of halogens is 1. The Labute approximate surface area is 112 Å². The zero-order chi connectivity index (χ0) is 12.7. The van der Waals surface area contributed by atoms with Gasteiger partial charge in [0.2, 0.25) is 0 Å². The highest BCUT2D eigenvalue weighted by molar-refractivity contribution is 9.09. The molecule has 0 aliphatic carbocycles. The van der Waals surface area contributed by atoms with Gasteiger partial charge in [-0.25, -0.2) is 0 Å². The Morgan fingerprint density at radius 3 is 2.71 bits per heavy atom. The highest BCUT2D eigenvalue weighted by atomic mass is 79.9. The highest BCUT2D eigenvalue weighted by Gasteiger charge is 2.07. The van der Waals surface area contributed by atoms with E-state index in [1.807, 2.05) is 32.0 Å². The number of benzene rings is 1. The van der Waals surface area contributed by atoms with Crippen molar-refractivity contribution in [2.24, 2.45) is 0 Å². The number of alkyl halides is 1. The quantitative estimate of drug-likeness (QED) is 0.631. The average molecular weight is 298 g/mol. The lowest BCUT2D eigenvalue weighted by Gasteiger charge is -2.08. The Morgan fingerprint density at radius 2 is 2.00 bits per heavy atom. The van der Waals surface area contributed by atoms with E-state index < -0.39 is 0 Å². The molecule has 0 bridgehead atoms. The summed E-state index contributed by atoms with van der Waals surface area (Å²) in [4.78, 5) is 11.9. The molecule has 0 heterocycles. The SMILES string of the molecule is Cc1ccc(C)c(C(=O)NCCCCCBr)c1. The molecule has 0 aliphatic heterocycles. The summed E-state index contributed by atoms with van der Waals surface area (Å²) < 4.78 is 0. The number of carbonyl (C=O) groups excluding carboxylic acids is 1. The molecule has 0 aliphatic rings. The number of hydrogen-bond acceptors (Lipinski definition) is 1. The van der Waals surface area contributed by atoms with Crippen LogP contribution in [0.15, 0.2) is 18.2 Å². The van der Waals surface area contributed by atoms with E-state index in [1.165, 1.54) is 6.42 Å². The molecule has 0 atom stereocenters. The predicted octanol–water partition coefficient (Wildman–Crippen LogP) is 3.60. The maximum Gasteiger partial charge on any atom is 0.251 e. The van der Waals surface area contributed by atoms with Crippen molar-refractivity contribution in [1.29, 1.82) is 0 Å². The highest BCUT2D eigenvalue weighted by Crippen LogP contribution is 2.10. The summed E-state index contributed by atoms with van der Waals surface area (Å²) in [6.45, 7) is 4.74. The second kappa shape index (κ2) is 7.49. The number of aryl methyl sites for hydroxylation is 2. The van der Waals surface area contributed by atoms with E-state index in [1.54, 1.807) is 0 Å². The van der Waals surface area contributed by atoms with Gasteiger partial charge in [-0.3, -0.25) is 4.79 Å². The van der Waals surface area contributed by atoms with Crippen LogP contribution < -0.4 is 5.32 Å². The normalized spacial score (nSPS) is 10.3. The Kier molecular flexibility index (Phi) is 6.27. The van der Waals surface area contributed by atoms with Gasteiger partial charge < -0.3 is 5.32 Å². The standard InChI is InChI=1S/C14H20BrNO/c1-11-6-7-12(2)13(10-11)14(17)16-9-5-3-4-8-15/h6-7,10H,3-5,8-9H2,1-2H3,(H,16,17). The van der Waals surface area contributed by atoms with Crippen molar-refractivity contribution in [3.63, 3.8) is 0 Å². The minimum atomic E-state index is 0.0463. The summed E-state index contributed by atoms with van der Waals surface area (Å²) in [7, 11) is 0. The van der Waals surface area contributed by atoms with Gasteiger partial charge >= 0.3 is 0 Å². The third-order valence-electron chi connectivity index (χ3n) is 2.73. The van der Waals surface area contributed by atoms with Crippen LogP contribution in [-0.4, -0.2) is 17.8 Å². The molecule has 17 heavy (non-hydrogen) atoms. The zero-order valence-corrected chi connectivity index (χ0v) is 12.1. The molecule has 0 radical (unpaired) electrons. The van der Waals surface area contributed by atoms with Gasteiger partial charge in [-0.05, 0) is 38.3 Å². The van der Waals surface area contributed by atoms with E-state index >= 15 is 0 Å². The second-order valence-corrected chi connectivity index (χ2v) is 5.12. The fraction of sp³-hybridized carbons (Fsp3) is 0.500. The Balaban J connectivity index is 2.44. The summed E-state index contributed by atoms with van der Waals surface area (Å²) in [5, 5.41) is 4.01. The number of amides is 1. The molecule has 1 aromatic rings. The monoisotopic (exact) mass is 297 g/mol. The third kappa shape index (κ3) is 4.90. The largest absolute Gasteiger partial charge is 0.352 e. The molecular weight excluding hydrogens is 278 g/mol. The van der Waals surface area contributed by atoms with Gasteiger partial charge in [0.25, 0.3) is 5.91 Å². The molecule has 0 saturated heterocycles. The molecule has 2 nitrogen and oxygen atoms in total. The molecule has 0 saturated carbocycles. The van der Waals surface area contributed by atoms with Gasteiger partial charge in [-0.2, -0.15) is 0 Å². The number of unbranched alkanes of at least 4 members (excludes halogenated alkanes) is 2. The van der Waals surface area contributed by atoms with Crippen LogP contribution in [0.2, 0.25) is 0 Å². The predicted molar refractivity (Wildman–Crippen MR) is 75.9 cm³/mol. The van der Waals surface area contributed by atoms with Crippen LogP contribution in [0.1, 0.15) is 40.7 Å². The van der Waals surface area contributed by atoms with Crippen molar-refractivity contribution in [2.45, 2.75) is 33.1 Å². The molecule has 94 valence electrons. The summed E-state index contributed by atoms with van der Waals surface area (Å²) in [5.41, 5.74) is 2.96. The first-order valence-electron chi connectivity index (χ1n) is 6.06. The van der Waals surface area contributed by atoms with E-state index in [0.717, 1.165) is 41.4 Å². The molecular formula is C14H20BrNO. The van der Waals surface area contributed by atoms with Gasteiger partial charge in [0.1, 0.15) is 0 Å². The van der Waals surface area contributed by atoms with Crippen molar-refractivity contribution in [2.75, 3.05) is 11.9 Å². The maximum atomic E-state index is 11.9. The minimum Gasteiger partial charge on any atom is -0.352 e. The molecule has 0 fully saturated rings. The summed E-state index contributed by atoms with van der Waals surface area (Å²) in [5.74, 6) is 0.0463. The second-order valence-electron chi connectivity index (χ2n) is 4.32. The molecule has 1 rings (SSSR count). The first-order chi connectivity index (χ1) is 8.15. The molecule has 1 aromatic carbocycles. The van der Waals surface area contributed by atoms with Crippen LogP contribution in [0.5, 0.6) is 0 Å². The van der Waals surface area contributed by atoms with Crippen molar-refractivity contribution in [3.8, 4) is 0 Å². The van der Waals surface area contributed by atoms with Gasteiger partial charge in [0, 0.05) is 17.4 Å². The van der Waals surface area contributed by atoms with Gasteiger partial charge in [-0.15, -0.1) is 0 Å². The lowest BCUT2D eigenvalue weighted by Crippen LogP contribution is -2.25. The first kappa shape index (κ1) is 14.2. The van der Waals surface area contributed by atoms with Crippen LogP contribution in [0.25, 0.3) is 0 Å². The van der Waals surface area contributed by atoms with Crippen LogP contribution in [-0.2, 0) is 0 Å². The molecule has 1 N–H and O–H groups in total. The van der Waals surface area contributed by atoms with Crippen LogP contribution in [0.3, 0.4) is 0 Å². The fourth-order valence-corrected chi connectivity index (χ4v) is 2.07. The Hall–Kier alpha value is -0.830. The molecule has 0 unspecified atom stereocenters. The number of rotatable bonds is 6. The summed E-state index contributed by atoms with van der Waals surface area (Å²) in [6.07, 6.45) is 3.36. The Morgan fingerprint density at radius 1 is 1.24 bits per heavy atom. The van der Waals surface area contributed by atoms with E-state index in [-0.39, 0.29) is 5.91 Å². The number of nitrogens with one attached hydrogen (secondary N) is 1. The summed E-state index contributed by atoms with van der Waals surface area (Å²) >= 11 is 3.40. The van der Waals surface area contributed by atoms with Gasteiger partial charge in [0.15, 0.2) is 0 Å². The van der Waals surface area contributed by atoms with Crippen molar-refractivity contribution in [1.82, 2.24) is 5.32 Å². The molecule has 3 heteroatoms. The van der Waals surface area contributed by atoms with Crippen molar-refractivity contribution in [3.05, 3.63) is 34.9 Å². The maximum absolute atomic E-state index is 11.9. The first-order valence-corrected chi connectivity index (χ1v) is 7.18. The van der Waals surface area contributed by atoms with Gasteiger partial charge in [-0.1, -0.05) is 40.0 Å². The van der Waals surface area contributed by atoms with E-state index in [9.17, 15) is 4.79 Å². The lowest BCUT2D eigenvalue weighted by atomic mass is 10.1. The number of hydrogen-bond donors (Lipinski definition) is 1. The van der Waals surface area contributed by atoms with Crippen molar-refractivity contribution < 1.29 is 4.79 Å². The van der Waals surface area contributed by atoms with Crippen LogP contribution >= 0.6 is 15.9 Å². The van der Waals surface area contributed by atoms with Crippen molar-refractivity contribution >= 4 is 21.8 Å². The number of carbonyl (C=O) groups is 1. The van der Waals surface area contributed by atoms with E-state index in [0.29, 0.717) is 0 Å². The molecule has 0 aromatic heterocycles.